The molecule has 2 heteroatoms. The van der Waals surface area contributed by atoms with Gasteiger partial charge >= 0.3 is 0 Å². The lowest BCUT2D eigenvalue weighted by atomic mass is 9.87. The zero-order valence-electron chi connectivity index (χ0n) is 10.1. The first-order chi connectivity index (χ1) is 7.65. The Balaban J connectivity index is 2.00. The van der Waals surface area contributed by atoms with Crippen molar-refractivity contribution in [2.75, 3.05) is 5.32 Å². The van der Waals surface area contributed by atoms with Gasteiger partial charge in [-0.3, -0.25) is 0 Å². The number of hydrogen-bond donors (Lipinski definition) is 1. The summed E-state index contributed by atoms with van der Waals surface area (Å²) in [5, 5.41) is 3.34. The zero-order valence-corrected chi connectivity index (χ0v) is 10.1. The molecule has 1 nitrogen and oxygen atoms in total. The van der Waals surface area contributed by atoms with Gasteiger partial charge in [0.1, 0.15) is 5.82 Å². The summed E-state index contributed by atoms with van der Waals surface area (Å²) >= 11 is 0. The van der Waals surface area contributed by atoms with E-state index in [9.17, 15) is 4.39 Å². The lowest BCUT2D eigenvalue weighted by Gasteiger charge is -2.28. The molecule has 0 atom stereocenters. The van der Waals surface area contributed by atoms with Gasteiger partial charge in [0.25, 0.3) is 0 Å². The highest BCUT2D eigenvalue weighted by Crippen LogP contribution is 2.27. The fourth-order valence-electron chi connectivity index (χ4n) is 2.37. The van der Waals surface area contributed by atoms with E-state index in [0.717, 1.165) is 24.3 Å². The standard InChI is InChI=1S/C14H20FN/c1-10-3-6-12(7-4-10)16-14-9-11(2)5-8-13(14)15/h5,8-10,12,16H,3-4,6-7H2,1-2H3. The molecule has 16 heavy (non-hydrogen) atoms. The quantitative estimate of drug-likeness (QED) is 0.792. The number of hydrogen-bond acceptors (Lipinski definition) is 1. The van der Waals surface area contributed by atoms with Crippen molar-refractivity contribution >= 4 is 5.69 Å². The average molecular weight is 221 g/mol. The molecule has 1 aromatic carbocycles. The van der Waals surface area contributed by atoms with Crippen molar-refractivity contribution in [3.63, 3.8) is 0 Å². The topological polar surface area (TPSA) is 12.0 Å². The van der Waals surface area contributed by atoms with Gasteiger partial charge in [-0.05, 0) is 56.2 Å². The molecule has 0 aliphatic heterocycles. The van der Waals surface area contributed by atoms with Crippen LogP contribution in [0.25, 0.3) is 0 Å². The Hall–Kier alpha value is -1.05. The molecule has 0 spiro atoms. The molecule has 1 aromatic rings. The minimum atomic E-state index is -0.135. The van der Waals surface area contributed by atoms with Crippen LogP contribution in [-0.2, 0) is 0 Å². The Morgan fingerprint density at radius 3 is 2.56 bits per heavy atom. The number of benzene rings is 1. The van der Waals surface area contributed by atoms with Crippen LogP contribution in [0.5, 0.6) is 0 Å². The van der Waals surface area contributed by atoms with Crippen molar-refractivity contribution in [3.05, 3.63) is 29.6 Å². The average Bonchev–Trinajstić information content (AvgIpc) is 2.27. The van der Waals surface area contributed by atoms with Gasteiger partial charge < -0.3 is 5.32 Å². The number of aryl methyl sites for hydroxylation is 1. The summed E-state index contributed by atoms with van der Waals surface area (Å²) in [4.78, 5) is 0. The summed E-state index contributed by atoms with van der Waals surface area (Å²) in [7, 11) is 0. The second-order valence-electron chi connectivity index (χ2n) is 5.08. The maximum atomic E-state index is 13.5. The Bertz CT molecular complexity index is 354. The number of halogens is 1. The minimum absolute atomic E-state index is 0.135. The van der Waals surface area contributed by atoms with Crippen LogP contribution in [0.4, 0.5) is 10.1 Å². The molecule has 1 N–H and O–H groups in total. The summed E-state index contributed by atoms with van der Waals surface area (Å²) in [6.07, 6.45) is 4.83. The third kappa shape index (κ3) is 2.75. The van der Waals surface area contributed by atoms with Gasteiger partial charge in [-0.25, -0.2) is 4.39 Å². The molecule has 0 aromatic heterocycles. The fourth-order valence-corrected chi connectivity index (χ4v) is 2.37. The van der Waals surface area contributed by atoms with Gasteiger partial charge in [-0.15, -0.1) is 0 Å². The maximum absolute atomic E-state index is 13.5. The summed E-state index contributed by atoms with van der Waals surface area (Å²) in [6, 6.07) is 5.70. The molecule has 0 saturated heterocycles. The summed E-state index contributed by atoms with van der Waals surface area (Å²) in [6.45, 7) is 4.29. The molecule has 1 fully saturated rings. The predicted molar refractivity (Wildman–Crippen MR) is 66.2 cm³/mol. The first kappa shape index (κ1) is 11.4. The van der Waals surface area contributed by atoms with Crippen LogP contribution >= 0.6 is 0 Å². The van der Waals surface area contributed by atoms with E-state index in [2.05, 4.69) is 12.2 Å². The summed E-state index contributed by atoms with van der Waals surface area (Å²) < 4.78 is 13.5. The first-order valence-electron chi connectivity index (χ1n) is 6.18. The second-order valence-corrected chi connectivity index (χ2v) is 5.08. The molecule has 88 valence electrons. The number of rotatable bonds is 2. The largest absolute Gasteiger partial charge is 0.380 e. The molecule has 0 heterocycles. The van der Waals surface area contributed by atoms with E-state index in [1.165, 1.54) is 12.8 Å². The van der Waals surface area contributed by atoms with Crippen LogP contribution in [0, 0.1) is 18.7 Å². The normalized spacial score (nSPS) is 25.4. The zero-order chi connectivity index (χ0) is 11.5. The highest BCUT2D eigenvalue weighted by molar-refractivity contribution is 5.47. The minimum Gasteiger partial charge on any atom is -0.380 e. The smallest absolute Gasteiger partial charge is 0.146 e. The predicted octanol–water partition coefficient (Wildman–Crippen LogP) is 4.12. The van der Waals surface area contributed by atoms with Crippen molar-refractivity contribution < 1.29 is 4.39 Å². The van der Waals surface area contributed by atoms with E-state index < -0.39 is 0 Å². The van der Waals surface area contributed by atoms with E-state index in [0.29, 0.717) is 11.7 Å². The van der Waals surface area contributed by atoms with Gasteiger partial charge in [0.2, 0.25) is 0 Å². The third-order valence-corrected chi connectivity index (χ3v) is 3.50. The van der Waals surface area contributed by atoms with E-state index in [1.54, 1.807) is 6.07 Å². The van der Waals surface area contributed by atoms with E-state index in [-0.39, 0.29) is 5.82 Å². The monoisotopic (exact) mass is 221 g/mol. The first-order valence-corrected chi connectivity index (χ1v) is 6.18. The molecule has 0 amide bonds. The Morgan fingerprint density at radius 1 is 1.19 bits per heavy atom. The molecule has 2 rings (SSSR count). The Labute approximate surface area is 97.1 Å². The van der Waals surface area contributed by atoms with Crippen LogP contribution in [0.15, 0.2) is 18.2 Å². The summed E-state index contributed by atoms with van der Waals surface area (Å²) in [5.41, 5.74) is 1.77. The maximum Gasteiger partial charge on any atom is 0.146 e. The van der Waals surface area contributed by atoms with Gasteiger partial charge in [0.15, 0.2) is 0 Å². The number of anilines is 1. The van der Waals surface area contributed by atoms with Gasteiger partial charge in [-0.2, -0.15) is 0 Å². The molecule has 0 bridgehead atoms. The van der Waals surface area contributed by atoms with Crippen molar-refractivity contribution in [2.24, 2.45) is 5.92 Å². The Kier molecular flexibility index (Phi) is 3.47. The van der Waals surface area contributed by atoms with Gasteiger partial charge in [0.05, 0.1) is 5.69 Å². The van der Waals surface area contributed by atoms with Gasteiger partial charge in [-0.1, -0.05) is 13.0 Å². The molecular formula is C14H20FN. The highest BCUT2D eigenvalue weighted by Gasteiger charge is 2.18. The Morgan fingerprint density at radius 2 is 1.88 bits per heavy atom. The van der Waals surface area contributed by atoms with Crippen LogP contribution in [0.2, 0.25) is 0 Å². The molecule has 0 radical (unpaired) electrons. The SMILES string of the molecule is Cc1ccc(F)c(NC2CCC(C)CC2)c1. The molecule has 1 aliphatic carbocycles. The van der Waals surface area contributed by atoms with Crippen molar-refractivity contribution in [2.45, 2.75) is 45.6 Å². The van der Waals surface area contributed by atoms with Gasteiger partial charge in [0, 0.05) is 6.04 Å². The molecular weight excluding hydrogens is 201 g/mol. The van der Waals surface area contributed by atoms with Crippen LogP contribution < -0.4 is 5.32 Å². The molecule has 1 aliphatic rings. The summed E-state index contributed by atoms with van der Waals surface area (Å²) in [5.74, 6) is 0.699. The highest BCUT2D eigenvalue weighted by atomic mass is 19.1. The van der Waals surface area contributed by atoms with Crippen LogP contribution in [-0.4, -0.2) is 6.04 Å². The van der Waals surface area contributed by atoms with Crippen LogP contribution in [0.3, 0.4) is 0 Å². The van der Waals surface area contributed by atoms with Crippen molar-refractivity contribution in [3.8, 4) is 0 Å². The lowest BCUT2D eigenvalue weighted by molar-refractivity contribution is 0.360. The van der Waals surface area contributed by atoms with Crippen molar-refractivity contribution in [1.82, 2.24) is 0 Å². The lowest BCUT2D eigenvalue weighted by Crippen LogP contribution is -2.25. The second kappa shape index (κ2) is 4.86. The molecule has 0 unspecified atom stereocenters. The molecule has 1 saturated carbocycles. The van der Waals surface area contributed by atoms with Crippen LogP contribution in [0.1, 0.15) is 38.2 Å². The fraction of sp³-hybridized carbons (Fsp3) is 0.571. The number of nitrogens with one attached hydrogen (secondary N) is 1. The van der Waals surface area contributed by atoms with E-state index in [1.807, 2.05) is 19.1 Å². The van der Waals surface area contributed by atoms with E-state index >= 15 is 0 Å². The van der Waals surface area contributed by atoms with Crippen molar-refractivity contribution in [1.29, 1.82) is 0 Å². The van der Waals surface area contributed by atoms with E-state index in [4.69, 9.17) is 0 Å². The third-order valence-electron chi connectivity index (χ3n) is 3.50.